The maximum atomic E-state index is 12.1. The highest BCUT2D eigenvalue weighted by atomic mass is 16.5. The molecule has 2 unspecified atom stereocenters. The molecule has 0 saturated carbocycles. The molecule has 27 heavy (non-hydrogen) atoms. The van der Waals surface area contributed by atoms with Crippen molar-refractivity contribution in [3.63, 3.8) is 0 Å². The van der Waals surface area contributed by atoms with Gasteiger partial charge in [0.2, 0.25) is 5.91 Å². The minimum absolute atomic E-state index is 0.0233. The van der Waals surface area contributed by atoms with Crippen molar-refractivity contribution in [2.24, 2.45) is 0 Å². The molecule has 8 heteroatoms. The maximum absolute atomic E-state index is 12.1. The molecular formula is C19H22N4O4. The Morgan fingerprint density at radius 3 is 2.67 bits per heavy atom. The number of ether oxygens (including phenoxy) is 1. The van der Waals surface area contributed by atoms with Crippen LogP contribution >= 0.6 is 0 Å². The molecule has 2 atom stereocenters. The van der Waals surface area contributed by atoms with Gasteiger partial charge in [-0.2, -0.15) is 0 Å². The number of morpholine rings is 1. The summed E-state index contributed by atoms with van der Waals surface area (Å²) in [6, 6.07) is 6.63. The number of rotatable bonds is 5. The monoisotopic (exact) mass is 370 g/mol. The van der Waals surface area contributed by atoms with Crippen molar-refractivity contribution < 1.29 is 19.4 Å². The van der Waals surface area contributed by atoms with Crippen LogP contribution in [-0.2, 0) is 9.53 Å². The average Bonchev–Trinajstić information content (AvgIpc) is 2.68. The van der Waals surface area contributed by atoms with Gasteiger partial charge in [-0.1, -0.05) is 12.1 Å². The molecule has 0 radical (unpaired) electrons. The second-order valence-electron chi connectivity index (χ2n) is 6.54. The minimum Gasteiger partial charge on any atom is -0.394 e. The molecule has 1 saturated heterocycles. The summed E-state index contributed by atoms with van der Waals surface area (Å²) in [5.41, 5.74) is 1.65. The fraction of sp³-hybridized carbons (Fsp3) is 0.368. The third-order valence-electron chi connectivity index (χ3n) is 4.42. The minimum atomic E-state index is -0.453. The highest BCUT2D eigenvalue weighted by molar-refractivity contribution is 6.02. The molecule has 142 valence electrons. The highest BCUT2D eigenvalue weighted by Crippen LogP contribution is 2.31. The van der Waals surface area contributed by atoms with Gasteiger partial charge in [0.25, 0.3) is 5.91 Å². The lowest BCUT2D eigenvalue weighted by molar-refractivity contribution is -0.164. The Labute approximate surface area is 157 Å². The van der Waals surface area contributed by atoms with Gasteiger partial charge in [-0.15, -0.1) is 0 Å². The summed E-state index contributed by atoms with van der Waals surface area (Å²) in [6.07, 6.45) is 3.91. The highest BCUT2D eigenvalue weighted by Gasteiger charge is 2.38. The molecule has 2 aromatic rings. The van der Waals surface area contributed by atoms with Crippen LogP contribution in [-0.4, -0.2) is 57.1 Å². The Morgan fingerprint density at radius 1 is 1.33 bits per heavy atom. The summed E-state index contributed by atoms with van der Waals surface area (Å²) in [4.78, 5) is 33.8. The predicted octanol–water partition coefficient (Wildman–Crippen LogP) is 1.40. The zero-order valence-corrected chi connectivity index (χ0v) is 15.2. The Balaban J connectivity index is 1.74. The Bertz CT molecular complexity index is 795. The summed E-state index contributed by atoms with van der Waals surface area (Å²) in [7, 11) is 0. The van der Waals surface area contributed by atoms with E-state index in [1.807, 2.05) is 26.0 Å². The normalized spacial score (nSPS) is 20.0. The molecule has 2 N–H and O–H groups in total. The second kappa shape index (κ2) is 8.24. The first-order chi connectivity index (χ1) is 13.0. The first-order valence-electron chi connectivity index (χ1n) is 8.72. The molecule has 0 aliphatic carbocycles. The number of aromatic nitrogens is 2. The average molecular weight is 370 g/mol. The number of hydrogen-bond acceptors (Lipinski definition) is 6. The molecule has 1 aromatic heterocycles. The summed E-state index contributed by atoms with van der Waals surface area (Å²) in [5, 5.41) is 12.6. The zero-order valence-electron chi connectivity index (χ0n) is 15.2. The number of aliphatic hydroxyl groups is 1. The van der Waals surface area contributed by atoms with Crippen molar-refractivity contribution in [3.05, 3.63) is 54.1 Å². The van der Waals surface area contributed by atoms with Gasteiger partial charge in [0.1, 0.15) is 18.4 Å². The molecule has 3 rings (SSSR count). The molecule has 0 bridgehead atoms. The van der Waals surface area contributed by atoms with Crippen molar-refractivity contribution in [2.75, 3.05) is 18.5 Å². The molecule has 1 fully saturated rings. The molecule has 2 heterocycles. The first-order valence-corrected chi connectivity index (χ1v) is 8.72. The van der Waals surface area contributed by atoms with Crippen LogP contribution in [0.15, 0.2) is 42.9 Å². The van der Waals surface area contributed by atoms with Gasteiger partial charge in [0.05, 0.1) is 18.8 Å². The van der Waals surface area contributed by atoms with Crippen molar-refractivity contribution in [1.29, 1.82) is 0 Å². The fourth-order valence-electron chi connectivity index (χ4n) is 3.22. The maximum Gasteiger partial charge on any atom is 0.275 e. The predicted molar refractivity (Wildman–Crippen MR) is 98.0 cm³/mol. The van der Waals surface area contributed by atoms with E-state index in [4.69, 9.17) is 4.74 Å². The van der Waals surface area contributed by atoms with Gasteiger partial charge < -0.3 is 20.1 Å². The van der Waals surface area contributed by atoms with E-state index in [-0.39, 0.29) is 36.8 Å². The number of carbonyl (C=O) groups is 2. The first kappa shape index (κ1) is 18.9. The molecule has 0 spiro atoms. The van der Waals surface area contributed by atoms with Crippen LogP contribution in [0, 0.1) is 0 Å². The largest absolute Gasteiger partial charge is 0.394 e. The lowest BCUT2D eigenvalue weighted by Gasteiger charge is -2.42. The van der Waals surface area contributed by atoms with Crippen molar-refractivity contribution in [1.82, 2.24) is 14.9 Å². The number of aliphatic hydroxyl groups excluding tert-OH is 1. The van der Waals surface area contributed by atoms with Crippen LogP contribution in [0.25, 0.3) is 0 Å². The van der Waals surface area contributed by atoms with Gasteiger partial charge in [0.15, 0.2) is 0 Å². The fourth-order valence-corrected chi connectivity index (χ4v) is 3.22. The van der Waals surface area contributed by atoms with Gasteiger partial charge in [-0.05, 0) is 31.5 Å². The molecular weight excluding hydrogens is 348 g/mol. The lowest BCUT2D eigenvalue weighted by Crippen LogP contribution is -2.55. The summed E-state index contributed by atoms with van der Waals surface area (Å²) in [6.45, 7) is 3.60. The number of anilines is 1. The molecule has 1 aromatic carbocycles. The van der Waals surface area contributed by atoms with E-state index in [2.05, 4.69) is 15.3 Å². The van der Waals surface area contributed by atoms with Crippen LogP contribution in [0.1, 0.15) is 36.0 Å². The second-order valence-corrected chi connectivity index (χ2v) is 6.54. The zero-order chi connectivity index (χ0) is 19.4. The number of nitrogens with zero attached hydrogens (tertiary/aromatic N) is 3. The van der Waals surface area contributed by atoms with E-state index >= 15 is 0 Å². The van der Waals surface area contributed by atoms with Crippen LogP contribution < -0.4 is 5.32 Å². The van der Waals surface area contributed by atoms with Crippen molar-refractivity contribution >= 4 is 17.5 Å². The van der Waals surface area contributed by atoms with Crippen LogP contribution in [0.2, 0.25) is 0 Å². The van der Waals surface area contributed by atoms with E-state index in [9.17, 15) is 14.7 Å². The SMILES string of the molecule is CC(C)N1C(=O)COC(c2ccc(NC(=O)c3cnccn3)cc2)C1CO. The Kier molecular flexibility index (Phi) is 5.78. The van der Waals surface area contributed by atoms with Crippen molar-refractivity contribution in [2.45, 2.75) is 32.0 Å². The summed E-state index contributed by atoms with van der Waals surface area (Å²) >= 11 is 0. The topological polar surface area (TPSA) is 105 Å². The van der Waals surface area contributed by atoms with Crippen LogP contribution in [0.3, 0.4) is 0 Å². The standard InChI is InChI=1S/C19H22N4O4/c1-12(2)23-16(10-24)18(27-11-17(23)25)13-3-5-14(6-4-13)22-19(26)15-9-20-7-8-21-15/h3-9,12,16,18,24H,10-11H2,1-2H3,(H,22,26). The van der Waals surface area contributed by atoms with Gasteiger partial charge in [-0.3, -0.25) is 14.6 Å². The summed E-state index contributed by atoms with van der Waals surface area (Å²) in [5.74, 6) is -0.484. The Morgan fingerprint density at radius 2 is 2.07 bits per heavy atom. The van der Waals surface area contributed by atoms with Crippen LogP contribution in [0.4, 0.5) is 5.69 Å². The molecule has 1 aliphatic heterocycles. The van der Waals surface area contributed by atoms with E-state index in [0.29, 0.717) is 5.69 Å². The number of nitrogens with one attached hydrogen (secondary N) is 1. The number of benzene rings is 1. The van der Waals surface area contributed by atoms with Crippen LogP contribution in [0.5, 0.6) is 0 Å². The van der Waals surface area contributed by atoms with E-state index in [1.54, 1.807) is 17.0 Å². The molecule has 1 aliphatic rings. The third kappa shape index (κ3) is 4.12. The lowest BCUT2D eigenvalue weighted by atomic mass is 9.98. The molecule has 8 nitrogen and oxygen atoms in total. The smallest absolute Gasteiger partial charge is 0.275 e. The van der Waals surface area contributed by atoms with Gasteiger partial charge in [0, 0.05) is 24.1 Å². The summed E-state index contributed by atoms with van der Waals surface area (Å²) < 4.78 is 5.69. The number of amides is 2. The van der Waals surface area contributed by atoms with E-state index < -0.39 is 12.1 Å². The quantitative estimate of drug-likeness (QED) is 0.824. The Hall–Kier alpha value is -2.84. The van der Waals surface area contributed by atoms with Gasteiger partial charge in [-0.25, -0.2) is 4.98 Å². The van der Waals surface area contributed by atoms with Crippen molar-refractivity contribution in [3.8, 4) is 0 Å². The number of hydrogen-bond donors (Lipinski definition) is 2. The molecule has 2 amide bonds. The van der Waals surface area contributed by atoms with E-state index in [0.717, 1.165) is 5.56 Å². The van der Waals surface area contributed by atoms with Gasteiger partial charge >= 0.3 is 0 Å². The van der Waals surface area contributed by atoms with E-state index in [1.165, 1.54) is 18.6 Å². The number of carbonyl (C=O) groups excluding carboxylic acids is 2. The third-order valence-corrected chi connectivity index (χ3v) is 4.42.